The molecule has 0 fully saturated rings. The maximum absolute atomic E-state index is 3.55. The van der Waals surface area contributed by atoms with E-state index in [0.717, 1.165) is 26.1 Å². The van der Waals surface area contributed by atoms with Gasteiger partial charge < -0.3 is 0 Å². The van der Waals surface area contributed by atoms with Crippen LogP contribution in [0.3, 0.4) is 0 Å². The second kappa shape index (κ2) is 7.16. The van der Waals surface area contributed by atoms with Gasteiger partial charge in [-0.1, -0.05) is 51.0 Å². The fourth-order valence-corrected chi connectivity index (χ4v) is 3.15. The van der Waals surface area contributed by atoms with Crippen LogP contribution in [-0.4, -0.2) is 34.8 Å². The lowest BCUT2D eigenvalue weighted by atomic mass is 9.98. The molecule has 0 bridgehead atoms. The van der Waals surface area contributed by atoms with Crippen LogP contribution in [0.2, 0.25) is 0 Å². The summed E-state index contributed by atoms with van der Waals surface area (Å²) in [5.41, 5.74) is 7.69. The van der Waals surface area contributed by atoms with Gasteiger partial charge in [-0.3, -0.25) is 5.01 Å². The van der Waals surface area contributed by atoms with Crippen molar-refractivity contribution in [2.24, 2.45) is 0 Å². The van der Waals surface area contributed by atoms with Gasteiger partial charge in [-0.2, -0.15) is 0 Å². The van der Waals surface area contributed by atoms with Gasteiger partial charge in [-0.15, -0.1) is 5.53 Å². The Balaban J connectivity index is 1.77. The van der Waals surface area contributed by atoms with Gasteiger partial charge in [0.25, 0.3) is 0 Å². The van der Waals surface area contributed by atoms with E-state index in [9.17, 15) is 0 Å². The molecule has 2 aliphatic rings. The van der Waals surface area contributed by atoms with Gasteiger partial charge in [0.2, 0.25) is 0 Å². The van der Waals surface area contributed by atoms with E-state index in [1.54, 1.807) is 0 Å². The van der Waals surface area contributed by atoms with E-state index in [4.69, 9.17) is 0 Å². The average Bonchev–Trinajstić information content (AvgIpc) is 2.99. The largest absolute Gasteiger partial charge is 0.287 e. The van der Waals surface area contributed by atoms with E-state index >= 15 is 0 Å². The number of hydrogen-bond donors (Lipinski definition) is 1. The standard InChI is InChI=1S/C18H28N4/c1-3-5-12-20(13-6-4-2)22-15-18-17-10-8-7-9-16(17)11-14-21(18)19-22/h7-10,15,19H,3-6,11-14H2,1-2H3. The molecule has 3 rings (SSSR count). The zero-order valence-electron chi connectivity index (χ0n) is 13.9. The summed E-state index contributed by atoms with van der Waals surface area (Å²) >= 11 is 0. The van der Waals surface area contributed by atoms with Gasteiger partial charge in [-0.25, -0.2) is 10.1 Å². The summed E-state index contributed by atoms with van der Waals surface area (Å²) in [6.07, 6.45) is 8.32. The Bertz CT molecular complexity index is 518. The Kier molecular flexibility index (Phi) is 5.01. The molecule has 0 saturated carbocycles. The summed E-state index contributed by atoms with van der Waals surface area (Å²) in [5, 5.41) is 6.94. The molecule has 4 nitrogen and oxygen atoms in total. The van der Waals surface area contributed by atoms with Gasteiger partial charge >= 0.3 is 0 Å². The van der Waals surface area contributed by atoms with Crippen LogP contribution in [0.5, 0.6) is 0 Å². The highest BCUT2D eigenvalue weighted by atomic mass is 15.9. The van der Waals surface area contributed by atoms with Crippen LogP contribution in [0.25, 0.3) is 5.70 Å². The summed E-state index contributed by atoms with van der Waals surface area (Å²) in [6, 6.07) is 8.77. The molecule has 22 heavy (non-hydrogen) atoms. The predicted molar refractivity (Wildman–Crippen MR) is 91.2 cm³/mol. The van der Waals surface area contributed by atoms with Crippen molar-refractivity contribution in [3.8, 4) is 0 Å². The van der Waals surface area contributed by atoms with Crippen molar-refractivity contribution >= 4 is 5.70 Å². The first kappa shape index (κ1) is 15.4. The fourth-order valence-electron chi connectivity index (χ4n) is 3.15. The van der Waals surface area contributed by atoms with Crippen molar-refractivity contribution in [2.75, 3.05) is 19.6 Å². The lowest BCUT2D eigenvalue weighted by Crippen LogP contribution is -2.51. The number of hydrogen-bond acceptors (Lipinski definition) is 4. The molecule has 0 aliphatic carbocycles. The van der Waals surface area contributed by atoms with Crippen molar-refractivity contribution < 1.29 is 0 Å². The Hall–Kier alpha value is -1.52. The SMILES string of the molecule is CCCCN(CCCC)N1C=C2c3ccccc3CCN2N1. The molecule has 0 atom stereocenters. The molecule has 1 aromatic rings. The molecule has 4 heteroatoms. The number of nitrogens with one attached hydrogen (secondary N) is 1. The van der Waals surface area contributed by atoms with E-state index in [1.165, 1.54) is 42.5 Å². The zero-order chi connectivity index (χ0) is 15.4. The number of nitrogens with zero attached hydrogens (tertiary/aromatic N) is 3. The second-order valence-corrected chi connectivity index (χ2v) is 6.18. The summed E-state index contributed by atoms with van der Waals surface area (Å²) in [4.78, 5) is 0. The predicted octanol–water partition coefficient (Wildman–Crippen LogP) is 3.40. The quantitative estimate of drug-likeness (QED) is 0.833. The molecule has 0 spiro atoms. The van der Waals surface area contributed by atoms with Gasteiger partial charge in [0.15, 0.2) is 0 Å². The minimum absolute atomic E-state index is 1.04. The smallest absolute Gasteiger partial charge is 0.0804 e. The van der Waals surface area contributed by atoms with Gasteiger partial charge in [0.1, 0.15) is 0 Å². The third-order valence-corrected chi connectivity index (χ3v) is 4.50. The highest BCUT2D eigenvalue weighted by Gasteiger charge is 2.29. The number of benzene rings is 1. The summed E-state index contributed by atoms with van der Waals surface area (Å²) in [6.45, 7) is 7.78. The molecule has 0 saturated heterocycles. The van der Waals surface area contributed by atoms with Crippen LogP contribution >= 0.6 is 0 Å². The second-order valence-electron chi connectivity index (χ2n) is 6.18. The Morgan fingerprint density at radius 1 is 1.09 bits per heavy atom. The molecule has 2 aliphatic heterocycles. The number of fused-ring (bicyclic) bond motifs is 3. The van der Waals surface area contributed by atoms with Crippen LogP contribution in [-0.2, 0) is 6.42 Å². The maximum atomic E-state index is 3.55. The lowest BCUT2D eigenvalue weighted by Gasteiger charge is -2.34. The van der Waals surface area contributed by atoms with Crippen LogP contribution in [0.4, 0.5) is 0 Å². The maximum Gasteiger partial charge on any atom is 0.0804 e. The van der Waals surface area contributed by atoms with Crippen LogP contribution in [0, 0.1) is 0 Å². The van der Waals surface area contributed by atoms with E-state index in [1.807, 2.05) is 0 Å². The van der Waals surface area contributed by atoms with Gasteiger partial charge in [0, 0.05) is 25.2 Å². The van der Waals surface area contributed by atoms with Crippen molar-refractivity contribution in [3.05, 3.63) is 41.6 Å². The van der Waals surface area contributed by atoms with Crippen LogP contribution < -0.4 is 5.53 Å². The highest BCUT2D eigenvalue weighted by molar-refractivity contribution is 5.69. The van der Waals surface area contributed by atoms with E-state index in [-0.39, 0.29) is 0 Å². The monoisotopic (exact) mass is 300 g/mol. The minimum Gasteiger partial charge on any atom is -0.287 e. The van der Waals surface area contributed by atoms with Crippen molar-refractivity contribution in [1.82, 2.24) is 20.7 Å². The van der Waals surface area contributed by atoms with E-state index < -0.39 is 0 Å². The van der Waals surface area contributed by atoms with Crippen LogP contribution in [0.15, 0.2) is 30.5 Å². The first-order valence-electron chi connectivity index (χ1n) is 8.71. The molecule has 1 aromatic carbocycles. The molecule has 120 valence electrons. The summed E-state index contributed by atoms with van der Waals surface area (Å²) in [7, 11) is 0. The lowest BCUT2D eigenvalue weighted by molar-refractivity contribution is -0.0597. The highest BCUT2D eigenvalue weighted by Crippen LogP contribution is 2.31. The molecular formula is C18H28N4. The zero-order valence-corrected chi connectivity index (χ0v) is 13.9. The minimum atomic E-state index is 1.04. The molecule has 1 N–H and O–H groups in total. The number of rotatable bonds is 7. The normalized spacial score (nSPS) is 16.8. The first-order valence-corrected chi connectivity index (χ1v) is 8.71. The summed E-state index contributed by atoms with van der Waals surface area (Å²) < 4.78 is 0. The third-order valence-electron chi connectivity index (χ3n) is 4.50. The molecular weight excluding hydrogens is 272 g/mol. The number of unbranched alkanes of at least 4 members (excludes halogenated alkanes) is 2. The van der Waals surface area contributed by atoms with Crippen molar-refractivity contribution in [3.63, 3.8) is 0 Å². The van der Waals surface area contributed by atoms with Gasteiger partial charge in [-0.05, 0) is 24.8 Å². The fraction of sp³-hybridized carbons (Fsp3) is 0.556. The molecule has 0 aromatic heterocycles. The van der Waals surface area contributed by atoms with Crippen molar-refractivity contribution in [2.45, 2.75) is 46.0 Å². The summed E-state index contributed by atoms with van der Waals surface area (Å²) in [5.74, 6) is 0. The Morgan fingerprint density at radius 2 is 1.82 bits per heavy atom. The third kappa shape index (κ3) is 3.13. The first-order chi connectivity index (χ1) is 10.8. The van der Waals surface area contributed by atoms with Crippen LogP contribution in [0.1, 0.15) is 50.7 Å². The topological polar surface area (TPSA) is 21.8 Å². The Morgan fingerprint density at radius 3 is 2.55 bits per heavy atom. The Labute approximate surface area is 134 Å². The van der Waals surface area contributed by atoms with E-state index in [2.05, 4.69) is 65.0 Å². The molecule has 2 heterocycles. The van der Waals surface area contributed by atoms with Gasteiger partial charge in [0.05, 0.1) is 11.9 Å². The number of hydrazine groups is 3. The average molecular weight is 300 g/mol. The van der Waals surface area contributed by atoms with E-state index in [0.29, 0.717) is 0 Å². The van der Waals surface area contributed by atoms with Crippen molar-refractivity contribution in [1.29, 1.82) is 0 Å². The molecule has 0 radical (unpaired) electrons. The molecule has 0 amide bonds. The molecule has 0 unspecified atom stereocenters.